The van der Waals surface area contributed by atoms with E-state index in [1.807, 2.05) is 42.5 Å². The molecule has 0 bridgehead atoms. The molecule has 0 unspecified atom stereocenters. The monoisotopic (exact) mass is 297 g/mol. The maximum atomic E-state index is 11.9. The van der Waals surface area contributed by atoms with Crippen LogP contribution in [-0.4, -0.2) is 23.3 Å². The van der Waals surface area contributed by atoms with E-state index in [0.29, 0.717) is 13.1 Å². The van der Waals surface area contributed by atoms with Gasteiger partial charge in [0, 0.05) is 44.5 Å². The van der Waals surface area contributed by atoms with Crippen LogP contribution in [0.15, 0.2) is 54.9 Å². The summed E-state index contributed by atoms with van der Waals surface area (Å²) in [4.78, 5) is 29.2. The second-order valence-corrected chi connectivity index (χ2v) is 4.89. The number of nitrogens with one attached hydrogen (secondary N) is 1. The smallest absolute Gasteiger partial charge is 0.223 e. The summed E-state index contributed by atoms with van der Waals surface area (Å²) in [6.07, 6.45) is 3.64. The molecule has 1 aromatic heterocycles. The maximum Gasteiger partial charge on any atom is 0.223 e. The number of pyridine rings is 1. The lowest BCUT2D eigenvalue weighted by Crippen LogP contribution is -2.33. The number of benzene rings is 1. The largest absolute Gasteiger partial charge is 0.352 e. The molecule has 5 nitrogen and oxygen atoms in total. The molecule has 2 amide bonds. The molecule has 2 rings (SSSR count). The van der Waals surface area contributed by atoms with Crippen molar-refractivity contribution >= 4 is 17.5 Å². The second kappa shape index (κ2) is 7.93. The molecule has 0 atom stereocenters. The first-order chi connectivity index (χ1) is 10.7. The number of hydrogen-bond donors (Lipinski definition) is 1. The maximum absolute atomic E-state index is 11.9. The second-order valence-electron chi connectivity index (χ2n) is 4.89. The average Bonchev–Trinajstić information content (AvgIpc) is 2.55. The Morgan fingerprint density at radius 3 is 2.41 bits per heavy atom. The molecule has 0 saturated carbocycles. The third-order valence-electron chi connectivity index (χ3n) is 3.25. The van der Waals surface area contributed by atoms with Crippen LogP contribution in [0.2, 0.25) is 0 Å². The highest BCUT2D eigenvalue weighted by molar-refractivity contribution is 5.92. The normalized spacial score (nSPS) is 10.0. The molecule has 5 heteroatoms. The number of para-hydroxylation sites is 1. The molecule has 2 aromatic rings. The summed E-state index contributed by atoms with van der Waals surface area (Å²) < 4.78 is 0. The van der Waals surface area contributed by atoms with Gasteiger partial charge < -0.3 is 10.2 Å². The zero-order valence-electron chi connectivity index (χ0n) is 12.5. The Morgan fingerprint density at radius 1 is 1.09 bits per heavy atom. The fourth-order valence-corrected chi connectivity index (χ4v) is 2.08. The highest BCUT2D eigenvalue weighted by atomic mass is 16.2. The standard InChI is InChI=1S/C17H19N3O2/c1-14(21)20(16-5-3-2-4-6-16)12-9-17(22)19-13-15-7-10-18-11-8-15/h2-8,10-11H,9,12-13H2,1H3,(H,19,22). The molecule has 1 aromatic carbocycles. The third-order valence-corrected chi connectivity index (χ3v) is 3.25. The molecule has 22 heavy (non-hydrogen) atoms. The summed E-state index contributed by atoms with van der Waals surface area (Å²) in [5.74, 6) is -0.160. The van der Waals surface area contributed by atoms with Gasteiger partial charge in [-0.05, 0) is 29.8 Å². The summed E-state index contributed by atoms with van der Waals surface area (Å²) in [6.45, 7) is 2.33. The first-order valence-corrected chi connectivity index (χ1v) is 7.15. The third kappa shape index (κ3) is 4.70. The Bertz CT molecular complexity index is 614. The van der Waals surface area contributed by atoms with Crippen LogP contribution in [0.25, 0.3) is 0 Å². The van der Waals surface area contributed by atoms with Gasteiger partial charge in [0.1, 0.15) is 0 Å². The molecule has 114 valence electrons. The van der Waals surface area contributed by atoms with Crippen molar-refractivity contribution in [3.8, 4) is 0 Å². The van der Waals surface area contributed by atoms with Crippen molar-refractivity contribution < 1.29 is 9.59 Å². The molecular weight excluding hydrogens is 278 g/mol. The average molecular weight is 297 g/mol. The van der Waals surface area contributed by atoms with E-state index in [9.17, 15) is 9.59 Å². The summed E-state index contributed by atoms with van der Waals surface area (Å²) >= 11 is 0. The quantitative estimate of drug-likeness (QED) is 0.888. The zero-order valence-corrected chi connectivity index (χ0v) is 12.5. The summed E-state index contributed by atoms with van der Waals surface area (Å²) in [5, 5.41) is 2.84. The van der Waals surface area contributed by atoms with E-state index in [-0.39, 0.29) is 18.2 Å². The molecule has 0 aliphatic carbocycles. The van der Waals surface area contributed by atoms with Crippen molar-refractivity contribution in [3.05, 3.63) is 60.4 Å². The Morgan fingerprint density at radius 2 is 1.77 bits per heavy atom. The van der Waals surface area contributed by atoms with Gasteiger partial charge in [0.15, 0.2) is 0 Å². The summed E-state index contributed by atoms with van der Waals surface area (Å²) in [5.41, 5.74) is 1.80. The fourth-order valence-electron chi connectivity index (χ4n) is 2.08. The van der Waals surface area contributed by atoms with Gasteiger partial charge >= 0.3 is 0 Å². The highest BCUT2D eigenvalue weighted by Crippen LogP contribution is 2.13. The van der Waals surface area contributed by atoms with Gasteiger partial charge in [-0.1, -0.05) is 18.2 Å². The summed E-state index contributed by atoms with van der Waals surface area (Å²) in [7, 11) is 0. The minimum Gasteiger partial charge on any atom is -0.352 e. The van der Waals surface area contributed by atoms with E-state index >= 15 is 0 Å². The first kappa shape index (κ1) is 15.7. The number of rotatable bonds is 6. The topological polar surface area (TPSA) is 62.3 Å². The Balaban J connectivity index is 1.85. The molecule has 0 fully saturated rings. The van der Waals surface area contributed by atoms with E-state index in [4.69, 9.17) is 0 Å². The molecule has 0 radical (unpaired) electrons. The number of carbonyl (C=O) groups is 2. The van der Waals surface area contributed by atoms with Gasteiger partial charge in [-0.15, -0.1) is 0 Å². The molecule has 0 aliphatic rings. The van der Waals surface area contributed by atoms with Crippen LogP contribution in [-0.2, 0) is 16.1 Å². The zero-order chi connectivity index (χ0) is 15.8. The van der Waals surface area contributed by atoms with Crippen LogP contribution in [0.1, 0.15) is 18.9 Å². The molecule has 0 saturated heterocycles. The number of nitrogens with zero attached hydrogens (tertiary/aromatic N) is 2. The minimum atomic E-state index is -0.0843. The van der Waals surface area contributed by atoms with Crippen molar-refractivity contribution in [3.63, 3.8) is 0 Å². The van der Waals surface area contributed by atoms with Crippen molar-refractivity contribution in [2.75, 3.05) is 11.4 Å². The van der Waals surface area contributed by atoms with Crippen molar-refractivity contribution in [1.29, 1.82) is 0 Å². The molecule has 0 aliphatic heterocycles. The van der Waals surface area contributed by atoms with E-state index in [1.165, 1.54) is 6.92 Å². The van der Waals surface area contributed by atoms with Gasteiger partial charge in [0.2, 0.25) is 11.8 Å². The minimum absolute atomic E-state index is 0.0758. The van der Waals surface area contributed by atoms with Gasteiger partial charge in [0.05, 0.1) is 0 Å². The van der Waals surface area contributed by atoms with Gasteiger partial charge in [0.25, 0.3) is 0 Å². The van der Waals surface area contributed by atoms with Gasteiger partial charge in [-0.2, -0.15) is 0 Å². The van der Waals surface area contributed by atoms with Crippen LogP contribution in [0, 0.1) is 0 Å². The fraction of sp³-hybridized carbons (Fsp3) is 0.235. The van der Waals surface area contributed by atoms with Crippen LogP contribution in [0.5, 0.6) is 0 Å². The number of amides is 2. The van der Waals surface area contributed by atoms with E-state index in [1.54, 1.807) is 17.3 Å². The molecule has 1 heterocycles. The first-order valence-electron chi connectivity index (χ1n) is 7.15. The van der Waals surface area contributed by atoms with E-state index in [0.717, 1.165) is 11.3 Å². The molecule has 0 spiro atoms. The van der Waals surface area contributed by atoms with Gasteiger partial charge in [-0.3, -0.25) is 14.6 Å². The van der Waals surface area contributed by atoms with E-state index in [2.05, 4.69) is 10.3 Å². The lowest BCUT2D eigenvalue weighted by Gasteiger charge is -2.20. The van der Waals surface area contributed by atoms with Crippen LogP contribution in [0.3, 0.4) is 0 Å². The Kier molecular flexibility index (Phi) is 5.65. The lowest BCUT2D eigenvalue weighted by atomic mass is 10.2. The van der Waals surface area contributed by atoms with Crippen LogP contribution < -0.4 is 10.2 Å². The molecular formula is C17H19N3O2. The molecule has 1 N–H and O–H groups in total. The predicted octanol–water partition coefficient (Wildman–Crippen LogP) is 2.14. The lowest BCUT2D eigenvalue weighted by molar-refractivity contribution is -0.121. The number of hydrogen-bond acceptors (Lipinski definition) is 3. The Hall–Kier alpha value is -2.69. The Labute approximate surface area is 130 Å². The van der Waals surface area contributed by atoms with E-state index < -0.39 is 0 Å². The number of aromatic nitrogens is 1. The summed E-state index contributed by atoms with van der Waals surface area (Å²) in [6, 6.07) is 13.1. The van der Waals surface area contributed by atoms with Gasteiger partial charge in [-0.25, -0.2) is 0 Å². The SMILES string of the molecule is CC(=O)N(CCC(=O)NCc1ccncc1)c1ccccc1. The predicted molar refractivity (Wildman–Crippen MR) is 85.2 cm³/mol. The number of carbonyl (C=O) groups excluding carboxylic acids is 2. The van der Waals surface area contributed by atoms with Crippen molar-refractivity contribution in [1.82, 2.24) is 10.3 Å². The van der Waals surface area contributed by atoms with Crippen LogP contribution in [0.4, 0.5) is 5.69 Å². The van der Waals surface area contributed by atoms with Crippen molar-refractivity contribution in [2.45, 2.75) is 19.9 Å². The van der Waals surface area contributed by atoms with Crippen molar-refractivity contribution in [2.24, 2.45) is 0 Å². The number of anilines is 1. The highest BCUT2D eigenvalue weighted by Gasteiger charge is 2.12. The van der Waals surface area contributed by atoms with Crippen LogP contribution >= 0.6 is 0 Å².